The maximum Gasteiger partial charge on any atom is 0.0175 e. The van der Waals surface area contributed by atoms with Gasteiger partial charge in [-0.15, -0.1) is 0 Å². The molecule has 1 N–H and O–H groups in total. The number of hydrogen-bond donors (Lipinski definition) is 1. The van der Waals surface area contributed by atoms with Gasteiger partial charge in [-0.05, 0) is 67.7 Å². The first kappa shape index (κ1) is 12.7. The number of rotatable bonds is 5. The van der Waals surface area contributed by atoms with E-state index >= 15 is 0 Å². The standard InChI is InChI=1S/C16H22BrN/c1-11(12-2-3-12)10-18-16-8-14(9-16)13-4-6-15(17)7-5-13/h4-7,11-12,14,16,18H,2-3,8-10H2,1H3. The topological polar surface area (TPSA) is 12.0 Å². The highest BCUT2D eigenvalue weighted by atomic mass is 79.9. The summed E-state index contributed by atoms with van der Waals surface area (Å²) in [5, 5.41) is 3.74. The van der Waals surface area contributed by atoms with Gasteiger partial charge >= 0.3 is 0 Å². The fraction of sp³-hybridized carbons (Fsp3) is 0.625. The van der Waals surface area contributed by atoms with Crippen molar-refractivity contribution >= 4 is 15.9 Å². The Morgan fingerprint density at radius 3 is 2.50 bits per heavy atom. The van der Waals surface area contributed by atoms with Gasteiger partial charge in [0.25, 0.3) is 0 Å². The van der Waals surface area contributed by atoms with E-state index in [4.69, 9.17) is 0 Å². The SMILES string of the molecule is CC(CNC1CC(c2ccc(Br)cc2)C1)C1CC1. The van der Waals surface area contributed by atoms with E-state index in [-0.39, 0.29) is 0 Å². The van der Waals surface area contributed by atoms with Crippen LogP contribution in [0.1, 0.15) is 44.1 Å². The molecule has 18 heavy (non-hydrogen) atoms. The molecule has 0 bridgehead atoms. The first-order chi connectivity index (χ1) is 8.72. The molecule has 0 aliphatic heterocycles. The van der Waals surface area contributed by atoms with Crippen molar-refractivity contribution in [2.24, 2.45) is 11.8 Å². The largest absolute Gasteiger partial charge is 0.314 e. The quantitative estimate of drug-likeness (QED) is 0.853. The molecule has 1 unspecified atom stereocenters. The molecule has 0 saturated heterocycles. The molecule has 2 heteroatoms. The van der Waals surface area contributed by atoms with E-state index in [2.05, 4.69) is 52.4 Å². The van der Waals surface area contributed by atoms with Gasteiger partial charge in [0, 0.05) is 10.5 Å². The number of nitrogens with one attached hydrogen (secondary N) is 1. The van der Waals surface area contributed by atoms with Crippen molar-refractivity contribution in [2.75, 3.05) is 6.54 Å². The Bertz CT molecular complexity index is 390. The summed E-state index contributed by atoms with van der Waals surface area (Å²) in [5.41, 5.74) is 1.51. The van der Waals surface area contributed by atoms with E-state index in [0.29, 0.717) is 0 Å². The van der Waals surface area contributed by atoms with Crippen LogP contribution in [0.25, 0.3) is 0 Å². The van der Waals surface area contributed by atoms with E-state index in [1.807, 2.05) is 0 Å². The van der Waals surface area contributed by atoms with Crippen LogP contribution in [0.5, 0.6) is 0 Å². The molecule has 1 aromatic carbocycles. The highest BCUT2D eigenvalue weighted by Crippen LogP contribution is 2.39. The molecule has 0 heterocycles. The number of halogens is 1. The van der Waals surface area contributed by atoms with Gasteiger partial charge in [-0.3, -0.25) is 0 Å². The van der Waals surface area contributed by atoms with Gasteiger partial charge in [-0.25, -0.2) is 0 Å². The molecule has 0 radical (unpaired) electrons. The lowest BCUT2D eigenvalue weighted by Gasteiger charge is -2.37. The Balaban J connectivity index is 1.41. The van der Waals surface area contributed by atoms with Crippen molar-refractivity contribution in [1.82, 2.24) is 5.32 Å². The summed E-state index contributed by atoms with van der Waals surface area (Å²) in [7, 11) is 0. The van der Waals surface area contributed by atoms with Crippen LogP contribution in [-0.4, -0.2) is 12.6 Å². The van der Waals surface area contributed by atoms with Gasteiger partial charge < -0.3 is 5.32 Å². The molecule has 0 aromatic heterocycles. The Morgan fingerprint density at radius 2 is 1.89 bits per heavy atom. The lowest BCUT2D eigenvalue weighted by atomic mass is 9.76. The Hall–Kier alpha value is -0.340. The first-order valence-electron chi connectivity index (χ1n) is 7.21. The van der Waals surface area contributed by atoms with Crippen LogP contribution in [-0.2, 0) is 0 Å². The van der Waals surface area contributed by atoms with E-state index < -0.39 is 0 Å². The van der Waals surface area contributed by atoms with Crippen LogP contribution >= 0.6 is 15.9 Å². The van der Waals surface area contributed by atoms with E-state index in [0.717, 1.165) is 23.8 Å². The molecule has 1 aromatic rings. The van der Waals surface area contributed by atoms with Crippen LogP contribution in [0.3, 0.4) is 0 Å². The zero-order chi connectivity index (χ0) is 12.5. The second kappa shape index (κ2) is 5.34. The van der Waals surface area contributed by atoms with Gasteiger partial charge in [-0.2, -0.15) is 0 Å². The van der Waals surface area contributed by atoms with Crippen LogP contribution in [0.15, 0.2) is 28.7 Å². The van der Waals surface area contributed by atoms with Gasteiger partial charge in [0.1, 0.15) is 0 Å². The molecule has 3 rings (SSSR count). The monoisotopic (exact) mass is 307 g/mol. The predicted octanol–water partition coefficient (Wildman–Crippen LogP) is 4.33. The molecular weight excluding hydrogens is 286 g/mol. The third-order valence-corrected chi connectivity index (χ3v) is 5.16. The average Bonchev–Trinajstić information content (AvgIpc) is 3.13. The molecule has 0 amide bonds. The zero-order valence-electron chi connectivity index (χ0n) is 11.0. The summed E-state index contributed by atoms with van der Waals surface area (Å²) in [4.78, 5) is 0. The summed E-state index contributed by atoms with van der Waals surface area (Å²) < 4.78 is 1.18. The molecule has 2 aliphatic carbocycles. The highest BCUT2D eigenvalue weighted by Gasteiger charge is 2.32. The van der Waals surface area contributed by atoms with Crippen molar-refractivity contribution < 1.29 is 0 Å². The predicted molar refractivity (Wildman–Crippen MR) is 79.8 cm³/mol. The lowest BCUT2D eigenvalue weighted by molar-refractivity contribution is 0.273. The molecular formula is C16H22BrN. The summed E-state index contributed by atoms with van der Waals surface area (Å²) in [5.74, 6) is 2.70. The van der Waals surface area contributed by atoms with Crippen LogP contribution in [0.4, 0.5) is 0 Å². The molecule has 1 nitrogen and oxygen atoms in total. The highest BCUT2D eigenvalue weighted by molar-refractivity contribution is 9.10. The molecule has 2 saturated carbocycles. The normalized spacial score (nSPS) is 28.8. The third-order valence-electron chi connectivity index (χ3n) is 4.63. The minimum atomic E-state index is 0.764. The fourth-order valence-corrected chi connectivity index (χ4v) is 3.24. The van der Waals surface area contributed by atoms with Gasteiger partial charge in [-0.1, -0.05) is 35.0 Å². The maximum atomic E-state index is 3.74. The number of benzene rings is 1. The molecule has 2 fully saturated rings. The van der Waals surface area contributed by atoms with Gasteiger partial charge in [0.05, 0.1) is 0 Å². The van der Waals surface area contributed by atoms with Crippen molar-refractivity contribution in [3.8, 4) is 0 Å². The smallest absolute Gasteiger partial charge is 0.0175 e. The van der Waals surface area contributed by atoms with Crippen LogP contribution in [0.2, 0.25) is 0 Å². The first-order valence-corrected chi connectivity index (χ1v) is 8.00. The van der Waals surface area contributed by atoms with Gasteiger partial charge in [0.2, 0.25) is 0 Å². The van der Waals surface area contributed by atoms with Crippen molar-refractivity contribution in [3.63, 3.8) is 0 Å². The Morgan fingerprint density at radius 1 is 1.22 bits per heavy atom. The minimum absolute atomic E-state index is 0.764. The maximum absolute atomic E-state index is 3.74. The summed E-state index contributed by atoms with van der Waals surface area (Å²) in [6.45, 7) is 3.62. The minimum Gasteiger partial charge on any atom is -0.314 e. The second-order valence-electron chi connectivity index (χ2n) is 6.14. The van der Waals surface area contributed by atoms with E-state index in [1.54, 1.807) is 0 Å². The second-order valence-corrected chi connectivity index (χ2v) is 7.06. The summed E-state index contributed by atoms with van der Waals surface area (Å²) >= 11 is 3.49. The summed E-state index contributed by atoms with van der Waals surface area (Å²) in [6, 6.07) is 9.60. The molecule has 98 valence electrons. The zero-order valence-corrected chi connectivity index (χ0v) is 12.6. The van der Waals surface area contributed by atoms with Crippen molar-refractivity contribution in [2.45, 2.75) is 44.6 Å². The molecule has 2 aliphatic rings. The number of hydrogen-bond acceptors (Lipinski definition) is 1. The van der Waals surface area contributed by atoms with Crippen molar-refractivity contribution in [3.05, 3.63) is 34.3 Å². The Labute approximate surface area is 118 Å². The summed E-state index contributed by atoms with van der Waals surface area (Å²) in [6.07, 6.45) is 5.57. The average molecular weight is 308 g/mol. The third kappa shape index (κ3) is 2.97. The van der Waals surface area contributed by atoms with Gasteiger partial charge in [0.15, 0.2) is 0 Å². The van der Waals surface area contributed by atoms with E-state index in [1.165, 1.54) is 42.3 Å². The van der Waals surface area contributed by atoms with Crippen LogP contribution < -0.4 is 5.32 Å². The fourth-order valence-electron chi connectivity index (χ4n) is 2.98. The Kier molecular flexibility index (Phi) is 3.76. The molecule has 0 spiro atoms. The molecule has 1 atom stereocenters. The van der Waals surface area contributed by atoms with Crippen LogP contribution in [0, 0.1) is 11.8 Å². The van der Waals surface area contributed by atoms with E-state index in [9.17, 15) is 0 Å². The van der Waals surface area contributed by atoms with Crippen molar-refractivity contribution in [1.29, 1.82) is 0 Å². The lowest BCUT2D eigenvalue weighted by Crippen LogP contribution is -2.42.